The average Bonchev–Trinajstić information content (AvgIpc) is 2.92. The quantitative estimate of drug-likeness (QED) is 0.696. The number of benzene rings is 2. The van der Waals surface area contributed by atoms with Crippen LogP contribution in [0.25, 0.3) is 11.1 Å². The third-order valence-electron chi connectivity index (χ3n) is 4.98. The average molecular weight is 339 g/mol. The summed E-state index contributed by atoms with van der Waals surface area (Å²) in [5.41, 5.74) is 6.34. The predicted octanol–water partition coefficient (Wildman–Crippen LogP) is 4.93. The number of hydrogen-bond donors (Lipinski definition) is 0. The molecule has 0 heterocycles. The van der Waals surface area contributed by atoms with Gasteiger partial charge < -0.3 is 0 Å². The molecule has 0 amide bonds. The van der Waals surface area contributed by atoms with E-state index in [1.54, 1.807) is 21.9 Å². The molecule has 0 saturated carbocycles. The third-order valence-corrected chi connectivity index (χ3v) is 9.31. The van der Waals surface area contributed by atoms with Gasteiger partial charge in [-0.2, -0.15) is 0 Å². The maximum atomic E-state index is 2.55. The maximum absolute atomic E-state index is 2.55. The van der Waals surface area contributed by atoms with E-state index in [1.165, 1.54) is 24.8 Å². The highest BCUT2D eigenvalue weighted by Crippen LogP contribution is 2.29. The van der Waals surface area contributed by atoms with Crippen LogP contribution in [-0.4, -0.2) is 16.1 Å². The van der Waals surface area contributed by atoms with Crippen molar-refractivity contribution in [3.8, 4) is 11.1 Å². The third kappa shape index (κ3) is 3.11. The molecule has 1 aliphatic rings. The van der Waals surface area contributed by atoms with Crippen LogP contribution in [0.15, 0.2) is 36.4 Å². The number of fused-ring (bicyclic) bond motifs is 1. The highest BCUT2D eigenvalue weighted by molar-refractivity contribution is 6.99. The van der Waals surface area contributed by atoms with E-state index in [9.17, 15) is 0 Å². The Morgan fingerprint density at radius 3 is 1.91 bits per heavy atom. The largest absolute Gasteiger partial charge is 0.0782 e. The van der Waals surface area contributed by atoms with Crippen LogP contribution in [0.4, 0.5) is 0 Å². The van der Waals surface area contributed by atoms with Crippen molar-refractivity contribution >= 4 is 26.5 Å². The topological polar surface area (TPSA) is 0 Å². The van der Waals surface area contributed by atoms with E-state index in [0.29, 0.717) is 0 Å². The summed E-state index contributed by atoms with van der Waals surface area (Å²) in [6.45, 7) is 15.2. The first kappa shape index (κ1) is 16.7. The molecule has 0 nitrogen and oxygen atoms in total. The molecule has 0 saturated heterocycles. The first-order valence-corrected chi connectivity index (χ1v) is 15.9. The van der Waals surface area contributed by atoms with Gasteiger partial charge in [0.05, 0.1) is 16.1 Å². The minimum atomic E-state index is -1.42. The molecule has 2 aromatic rings. The normalized spacial score (nSPS) is 14.9. The van der Waals surface area contributed by atoms with Crippen LogP contribution >= 0.6 is 0 Å². The lowest BCUT2D eigenvalue weighted by Crippen LogP contribution is -2.58. The van der Waals surface area contributed by atoms with Gasteiger partial charge in [0.1, 0.15) is 0 Å². The van der Waals surface area contributed by atoms with Crippen LogP contribution < -0.4 is 10.4 Å². The standard InChI is InChI=1S/C21H30Si2/c1-22(2,3)20-18-14-10-13-17(18)15-19(21(20)23(4,5)6)16-11-8-7-9-12-16/h7-9,11-12,15H,10,13-14H2,1-6H3. The minimum Gasteiger partial charge on any atom is -0.0656 e. The number of hydrogen-bond acceptors (Lipinski definition) is 0. The molecule has 0 bridgehead atoms. The highest BCUT2D eigenvalue weighted by atomic mass is 28.3. The molecule has 3 rings (SSSR count). The summed E-state index contributed by atoms with van der Waals surface area (Å²) in [6, 6.07) is 13.7. The van der Waals surface area contributed by atoms with E-state index in [2.05, 4.69) is 75.7 Å². The van der Waals surface area contributed by atoms with Gasteiger partial charge in [-0.05, 0) is 41.5 Å². The van der Waals surface area contributed by atoms with Gasteiger partial charge in [-0.25, -0.2) is 0 Å². The summed E-state index contributed by atoms with van der Waals surface area (Å²) < 4.78 is 0. The van der Waals surface area contributed by atoms with Gasteiger partial charge in [-0.15, -0.1) is 0 Å². The fraction of sp³-hybridized carbons (Fsp3) is 0.429. The highest BCUT2D eigenvalue weighted by Gasteiger charge is 2.34. The number of rotatable bonds is 3. The van der Waals surface area contributed by atoms with Crippen LogP contribution in [0.2, 0.25) is 39.3 Å². The Hall–Kier alpha value is -1.13. The summed E-state index contributed by atoms with van der Waals surface area (Å²) >= 11 is 0. The lowest BCUT2D eigenvalue weighted by atomic mass is 10.00. The van der Waals surface area contributed by atoms with E-state index in [1.807, 2.05) is 5.19 Å². The molecule has 23 heavy (non-hydrogen) atoms. The van der Waals surface area contributed by atoms with Crippen molar-refractivity contribution in [1.29, 1.82) is 0 Å². The van der Waals surface area contributed by atoms with Gasteiger partial charge in [0, 0.05) is 0 Å². The molecule has 0 spiro atoms. The Balaban J connectivity index is 2.41. The van der Waals surface area contributed by atoms with Crippen molar-refractivity contribution in [2.45, 2.75) is 58.5 Å². The van der Waals surface area contributed by atoms with Crippen molar-refractivity contribution in [3.63, 3.8) is 0 Å². The van der Waals surface area contributed by atoms with E-state index in [4.69, 9.17) is 0 Å². The summed E-state index contributed by atoms with van der Waals surface area (Å²) in [5, 5.41) is 3.56. The van der Waals surface area contributed by atoms with Gasteiger partial charge in [0.15, 0.2) is 0 Å². The Morgan fingerprint density at radius 2 is 1.35 bits per heavy atom. The second-order valence-corrected chi connectivity index (χ2v) is 19.0. The molecule has 122 valence electrons. The van der Waals surface area contributed by atoms with Crippen molar-refractivity contribution in [3.05, 3.63) is 47.5 Å². The summed E-state index contributed by atoms with van der Waals surface area (Å²) in [6.07, 6.45) is 3.93. The molecular weight excluding hydrogens is 308 g/mol. The molecule has 0 fully saturated rings. The summed E-state index contributed by atoms with van der Waals surface area (Å²) in [5.74, 6) is 0. The Bertz CT molecular complexity index is 716. The van der Waals surface area contributed by atoms with Gasteiger partial charge in [0.25, 0.3) is 0 Å². The molecule has 0 radical (unpaired) electrons. The first-order valence-electron chi connectivity index (χ1n) is 8.95. The first-order chi connectivity index (χ1) is 10.7. The van der Waals surface area contributed by atoms with Gasteiger partial charge in [-0.1, -0.05) is 86.1 Å². The fourth-order valence-corrected chi connectivity index (χ4v) is 10.4. The van der Waals surface area contributed by atoms with Crippen LogP contribution in [0.3, 0.4) is 0 Å². The van der Waals surface area contributed by atoms with Crippen LogP contribution in [0.1, 0.15) is 17.5 Å². The van der Waals surface area contributed by atoms with Crippen LogP contribution in [0.5, 0.6) is 0 Å². The molecule has 0 unspecified atom stereocenters. The number of aryl methyl sites for hydroxylation is 1. The second-order valence-electron chi connectivity index (χ2n) is 9.03. The zero-order valence-electron chi connectivity index (χ0n) is 15.6. The van der Waals surface area contributed by atoms with Crippen LogP contribution in [0, 0.1) is 0 Å². The lowest BCUT2D eigenvalue weighted by molar-refractivity contribution is 0.913. The Morgan fingerprint density at radius 1 is 0.739 bits per heavy atom. The lowest BCUT2D eigenvalue weighted by Gasteiger charge is -2.33. The SMILES string of the molecule is C[Si](C)(C)c1c(-c2ccccc2)cc2c(c1[Si](C)(C)C)CCC2. The second kappa shape index (κ2) is 5.75. The smallest absolute Gasteiger partial charge is 0.0656 e. The van der Waals surface area contributed by atoms with E-state index >= 15 is 0 Å². The minimum absolute atomic E-state index is 1.28. The van der Waals surface area contributed by atoms with Gasteiger partial charge >= 0.3 is 0 Å². The van der Waals surface area contributed by atoms with E-state index < -0.39 is 16.1 Å². The van der Waals surface area contributed by atoms with E-state index in [0.717, 1.165) is 0 Å². The fourth-order valence-electron chi connectivity index (χ4n) is 4.20. The van der Waals surface area contributed by atoms with Crippen molar-refractivity contribution in [1.82, 2.24) is 0 Å². The molecule has 0 aromatic heterocycles. The molecule has 0 atom stereocenters. The zero-order valence-corrected chi connectivity index (χ0v) is 17.6. The molecule has 0 aliphatic heterocycles. The monoisotopic (exact) mass is 338 g/mol. The van der Waals surface area contributed by atoms with Crippen molar-refractivity contribution in [2.24, 2.45) is 0 Å². The molecule has 1 aliphatic carbocycles. The summed E-state index contributed by atoms with van der Waals surface area (Å²) in [7, 11) is -2.80. The summed E-state index contributed by atoms with van der Waals surface area (Å²) in [4.78, 5) is 0. The van der Waals surface area contributed by atoms with E-state index in [-0.39, 0.29) is 0 Å². The molecule has 2 aromatic carbocycles. The van der Waals surface area contributed by atoms with Gasteiger partial charge in [-0.3, -0.25) is 0 Å². The van der Waals surface area contributed by atoms with Crippen molar-refractivity contribution < 1.29 is 0 Å². The Labute approximate surface area is 144 Å². The molecular formula is C21H30Si2. The van der Waals surface area contributed by atoms with Crippen molar-refractivity contribution in [2.75, 3.05) is 0 Å². The van der Waals surface area contributed by atoms with Crippen LogP contribution in [-0.2, 0) is 12.8 Å². The maximum Gasteiger partial charge on any atom is 0.0782 e. The van der Waals surface area contributed by atoms with Gasteiger partial charge in [0.2, 0.25) is 0 Å². The zero-order chi connectivity index (χ0) is 16.8. The Kier molecular flexibility index (Phi) is 4.18. The molecule has 2 heteroatoms. The molecule has 0 N–H and O–H groups in total. The predicted molar refractivity (Wildman–Crippen MR) is 110 cm³/mol.